The number of aliphatic hydroxyl groups excluding tert-OH is 1. The summed E-state index contributed by atoms with van der Waals surface area (Å²) in [7, 11) is 1.53. The zero-order chi connectivity index (χ0) is 26.4. The summed E-state index contributed by atoms with van der Waals surface area (Å²) in [6, 6.07) is 31.0. The predicted molar refractivity (Wildman–Crippen MR) is 149 cm³/mol. The zero-order valence-corrected chi connectivity index (χ0v) is 21.6. The molecule has 5 rings (SSSR count). The Hall–Kier alpha value is -3.95. The normalized spacial score (nSPS) is 17.2. The van der Waals surface area contributed by atoms with Gasteiger partial charge in [-0.3, -0.25) is 4.84 Å². The molecule has 0 unspecified atom stereocenters. The summed E-state index contributed by atoms with van der Waals surface area (Å²) in [5, 5.41) is 11.4. The molecular formula is C30H32N5O3+. The summed E-state index contributed by atoms with van der Waals surface area (Å²) in [6.45, 7) is 2.86. The molecule has 194 valence electrons. The molecule has 38 heavy (non-hydrogen) atoms. The summed E-state index contributed by atoms with van der Waals surface area (Å²) in [4.78, 5) is 19.3. The number of nitrogens with one attached hydrogen (secondary N) is 1. The lowest BCUT2D eigenvalue weighted by molar-refractivity contribution is 0.0247. The van der Waals surface area contributed by atoms with Crippen LogP contribution < -0.4 is 9.96 Å². The van der Waals surface area contributed by atoms with Crippen LogP contribution in [0.5, 0.6) is 0 Å². The van der Waals surface area contributed by atoms with Crippen molar-refractivity contribution in [3.8, 4) is 0 Å². The standard InChI is InChI=1S/C30H32N5O3/c1-3-38-20-26(36)19-35(22-33-27-28(34-37-2)31-21-32-29(27)35)30(23-13-7-4-8-14-23,24-15-9-5-10-16-24)25-17-11-6-12-18-25/h4-18,21-22,26,36H,3,19-20H2,1-2H3,(H,31,32,34)/q+1/t26-,35-/m0/s1. The van der Waals surface area contributed by atoms with Gasteiger partial charge in [-0.25, -0.2) is 14.9 Å². The van der Waals surface area contributed by atoms with Gasteiger partial charge < -0.3 is 9.84 Å². The van der Waals surface area contributed by atoms with E-state index < -0.39 is 11.6 Å². The van der Waals surface area contributed by atoms with Crippen molar-refractivity contribution in [1.29, 1.82) is 0 Å². The minimum atomic E-state index is -0.871. The zero-order valence-electron chi connectivity index (χ0n) is 21.6. The Balaban J connectivity index is 1.90. The van der Waals surface area contributed by atoms with Crippen LogP contribution in [0.1, 0.15) is 23.6 Å². The lowest BCUT2D eigenvalue weighted by Crippen LogP contribution is -2.66. The van der Waals surface area contributed by atoms with E-state index in [2.05, 4.69) is 46.9 Å². The number of hydrogen-bond donors (Lipinski definition) is 2. The molecule has 1 aliphatic heterocycles. The highest BCUT2D eigenvalue weighted by atomic mass is 16.6. The van der Waals surface area contributed by atoms with E-state index in [1.807, 2.05) is 67.9 Å². The molecule has 0 spiro atoms. The maximum atomic E-state index is 11.4. The van der Waals surface area contributed by atoms with Crippen LogP contribution in [0.25, 0.3) is 0 Å². The Bertz CT molecular complexity index is 1270. The van der Waals surface area contributed by atoms with E-state index in [4.69, 9.17) is 19.6 Å². The van der Waals surface area contributed by atoms with Crippen LogP contribution in [0.15, 0.2) is 102 Å². The first-order chi connectivity index (χ1) is 18.7. The van der Waals surface area contributed by atoms with E-state index in [0.717, 1.165) is 16.7 Å². The Morgan fingerprint density at radius 1 is 0.868 bits per heavy atom. The van der Waals surface area contributed by atoms with Crippen LogP contribution in [-0.2, 0) is 15.1 Å². The first-order valence-electron chi connectivity index (χ1n) is 12.7. The number of benzene rings is 3. The number of aromatic nitrogens is 2. The fourth-order valence-corrected chi connectivity index (χ4v) is 5.55. The first-order valence-corrected chi connectivity index (χ1v) is 12.7. The highest BCUT2D eigenvalue weighted by molar-refractivity contribution is 5.94. The maximum Gasteiger partial charge on any atom is 0.266 e. The Morgan fingerprint density at radius 2 is 1.42 bits per heavy atom. The number of rotatable bonds is 11. The fraction of sp³-hybridized carbons (Fsp3) is 0.233. The van der Waals surface area contributed by atoms with Crippen molar-refractivity contribution in [3.63, 3.8) is 0 Å². The lowest BCUT2D eigenvalue weighted by atomic mass is 9.73. The highest BCUT2D eigenvalue weighted by Gasteiger charge is 2.60. The second-order valence-electron chi connectivity index (χ2n) is 9.12. The maximum absolute atomic E-state index is 11.4. The number of quaternary nitrogens is 1. The van der Waals surface area contributed by atoms with Gasteiger partial charge in [0.05, 0.1) is 13.7 Å². The third kappa shape index (κ3) is 4.27. The number of aliphatic imine (C=N–C) groups is 1. The number of ether oxygens (including phenoxy) is 1. The lowest BCUT2D eigenvalue weighted by Gasteiger charge is -2.49. The van der Waals surface area contributed by atoms with Crippen LogP contribution in [0, 0.1) is 0 Å². The van der Waals surface area contributed by atoms with E-state index >= 15 is 0 Å². The second kappa shape index (κ2) is 11.2. The molecule has 1 aliphatic rings. The molecule has 0 aliphatic carbocycles. The van der Waals surface area contributed by atoms with Crippen LogP contribution >= 0.6 is 0 Å². The smallest absolute Gasteiger partial charge is 0.266 e. The molecule has 2 N–H and O–H groups in total. The summed E-state index contributed by atoms with van der Waals surface area (Å²) >= 11 is 0. The predicted octanol–water partition coefficient (Wildman–Crippen LogP) is 4.82. The van der Waals surface area contributed by atoms with E-state index in [1.54, 1.807) is 0 Å². The second-order valence-corrected chi connectivity index (χ2v) is 9.12. The number of fused-ring (bicyclic) bond motifs is 1. The molecular weight excluding hydrogens is 478 g/mol. The van der Waals surface area contributed by atoms with Crippen molar-refractivity contribution >= 4 is 23.7 Å². The molecule has 0 fully saturated rings. The van der Waals surface area contributed by atoms with Gasteiger partial charge in [0.1, 0.15) is 19.0 Å². The van der Waals surface area contributed by atoms with Gasteiger partial charge in [0.2, 0.25) is 0 Å². The van der Waals surface area contributed by atoms with Crippen LogP contribution in [-0.4, -0.2) is 54.4 Å². The number of hydrogen-bond acceptors (Lipinski definition) is 7. The summed E-state index contributed by atoms with van der Waals surface area (Å²) in [5.74, 6) is 1.10. The number of nitrogens with zero attached hydrogens (tertiary/aromatic N) is 4. The van der Waals surface area contributed by atoms with Gasteiger partial charge in [0, 0.05) is 23.3 Å². The van der Waals surface area contributed by atoms with Crippen molar-refractivity contribution in [1.82, 2.24) is 14.5 Å². The van der Waals surface area contributed by atoms with Crippen LogP contribution in [0.4, 0.5) is 17.3 Å². The van der Waals surface area contributed by atoms with Gasteiger partial charge in [-0.1, -0.05) is 91.0 Å². The van der Waals surface area contributed by atoms with E-state index in [-0.39, 0.29) is 17.6 Å². The number of aliphatic hydroxyl groups is 1. The van der Waals surface area contributed by atoms with E-state index in [1.165, 1.54) is 13.4 Å². The third-order valence-electron chi connectivity index (χ3n) is 6.95. The van der Waals surface area contributed by atoms with Crippen molar-refractivity contribution < 1.29 is 14.7 Å². The Labute approximate surface area is 222 Å². The molecule has 8 nitrogen and oxygen atoms in total. The minimum Gasteiger partial charge on any atom is -0.385 e. The topological polar surface area (TPSA) is 88.9 Å². The highest BCUT2D eigenvalue weighted by Crippen LogP contribution is 2.54. The first kappa shape index (κ1) is 25.7. The summed E-state index contributed by atoms with van der Waals surface area (Å²) in [6.07, 6.45) is 2.57. The molecule has 2 atom stereocenters. The van der Waals surface area contributed by atoms with E-state index in [0.29, 0.717) is 23.9 Å². The van der Waals surface area contributed by atoms with Crippen molar-refractivity contribution in [2.75, 3.05) is 32.3 Å². The Morgan fingerprint density at radius 3 is 1.92 bits per heavy atom. The third-order valence-corrected chi connectivity index (χ3v) is 6.95. The van der Waals surface area contributed by atoms with Crippen LogP contribution in [0.2, 0.25) is 0 Å². The summed E-state index contributed by atoms with van der Waals surface area (Å²) in [5.41, 5.74) is 5.62. The fourth-order valence-electron chi connectivity index (χ4n) is 5.55. The monoisotopic (exact) mass is 510 g/mol. The van der Waals surface area contributed by atoms with Gasteiger partial charge in [-0.05, 0) is 6.92 Å². The molecule has 0 amide bonds. The van der Waals surface area contributed by atoms with E-state index in [9.17, 15) is 5.11 Å². The Kier molecular flexibility index (Phi) is 7.57. The van der Waals surface area contributed by atoms with Gasteiger partial charge in [0.15, 0.2) is 23.4 Å². The van der Waals surface area contributed by atoms with Gasteiger partial charge >= 0.3 is 0 Å². The van der Waals surface area contributed by atoms with Gasteiger partial charge in [-0.2, -0.15) is 9.98 Å². The van der Waals surface area contributed by atoms with Crippen LogP contribution in [0.3, 0.4) is 0 Å². The molecule has 4 aromatic rings. The molecule has 0 bridgehead atoms. The molecule has 0 radical (unpaired) electrons. The van der Waals surface area contributed by atoms with Crippen molar-refractivity contribution in [3.05, 3.63) is 114 Å². The largest absolute Gasteiger partial charge is 0.385 e. The molecule has 8 heteroatoms. The molecule has 1 aromatic heterocycles. The van der Waals surface area contributed by atoms with Gasteiger partial charge in [0.25, 0.3) is 5.82 Å². The number of anilines is 1. The van der Waals surface area contributed by atoms with Crippen molar-refractivity contribution in [2.45, 2.75) is 18.6 Å². The molecule has 0 saturated carbocycles. The molecule has 2 heterocycles. The van der Waals surface area contributed by atoms with Crippen molar-refractivity contribution in [2.24, 2.45) is 4.99 Å². The molecule has 0 saturated heterocycles. The quantitative estimate of drug-likeness (QED) is 0.171. The SMILES string of the molecule is CCOC[C@@H](O)C[N@+]1(C(c2ccccc2)(c2ccccc2)c2ccccc2)C=Nc2c(NOC)ncnc21. The summed E-state index contributed by atoms with van der Waals surface area (Å²) < 4.78 is 5.74. The average Bonchev–Trinajstić information content (AvgIpc) is 3.34. The molecule has 3 aromatic carbocycles. The van der Waals surface area contributed by atoms with Gasteiger partial charge in [-0.15, -0.1) is 0 Å². The average molecular weight is 511 g/mol. The minimum absolute atomic E-state index is 0.0789.